The van der Waals surface area contributed by atoms with Gasteiger partial charge in [0.05, 0.1) is 6.10 Å². The zero-order valence-electron chi connectivity index (χ0n) is 14.4. The van der Waals surface area contributed by atoms with Gasteiger partial charge in [-0.3, -0.25) is 9.78 Å². The highest BCUT2D eigenvalue weighted by Gasteiger charge is 2.17. The summed E-state index contributed by atoms with van der Waals surface area (Å²) in [5.41, 5.74) is 1.54. The van der Waals surface area contributed by atoms with Gasteiger partial charge in [0.1, 0.15) is 5.69 Å². The first kappa shape index (κ1) is 17.3. The molecule has 0 spiro atoms. The molecule has 3 rings (SSSR count). The molecule has 1 aliphatic heterocycles. The van der Waals surface area contributed by atoms with Crippen molar-refractivity contribution in [2.24, 2.45) is 0 Å². The molecule has 2 aromatic heterocycles. The smallest absolute Gasteiger partial charge is 0.272 e. The number of pyridine rings is 1. The molecule has 1 saturated heterocycles. The Labute approximate surface area is 147 Å². The molecule has 0 aliphatic carbocycles. The van der Waals surface area contributed by atoms with Crippen molar-refractivity contribution >= 4 is 11.9 Å². The minimum atomic E-state index is -0.114. The third kappa shape index (κ3) is 4.96. The minimum absolute atomic E-state index is 0.114. The molecule has 0 saturated carbocycles. The Kier molecular flexibility index (Phi) is 5.90. The summed E-state index contributed by atoms with van der Waals surface area (Å²) in [6.45, 7) is 2.09. The first-order valence-electron chi connectivity index (χ1n) is 8.55. The number of hydrogen-bond donors (Lipinski definition) is 1. The highest BCUT2D eigenvalue weighted by Crippen LogP contribution is 2.12. The number of nitrogens with one attached hydrogen (secondary N) is 1. The van der Waals surface area contributed by atoms with Gasteiger partial charge in [-0.2, -0.15) is 0 Å². The number of aromatic nitrogens is 3. The predicted octanol–water partition coefficient (Wildman–Crippen LogP) is 1.78. The van der Waals surface area contributed by atoms with Crippen LogP contribution in [0.3, 0.4) is 0 Å². The van der Waals surface area contributed by atoms with Crippen LogP contribution in [0.5, 0.6) is 0 Å². The monoisotopic (exact) mass is 341 g/mol. The van der Waals surface area contributed by atoms with Crippen LogP contribution in [-0.4, -0.2) is 58.6 Å². The Balaban J connectivity index is 1.54. The van der Waals surface area contributed by atoms with Gasteiger partial charge in [0.25, 0.3) is 5.91 Å². The molecule has 2 aromatic rings. The van der Waals surface area contributed by atoms with Crippen LogP contribution in [0, 0.1) is 0 Å². The van der Waals surface area contributed by atoms with Crippen LogP contribution in [-0.2, 0) is 11.2 Å². The Morgan fingerprint density at radius 3 is 2.92 bits per heavy atom. The predicted molar refractivity (Wildman–Crippen MR) is 94.4 cm³/mol. The number of anilines is 1. The number of ether oxygens (including phenoxy) is 1. The number of likely N-dealkylation sites (N-methyl/N-ethyl adjacent to an activating group) is 1. The molecule has 25 heavy (non-hydrogen) atoms. The minimum Gasteiger partial charge on any atom is -0.376 e. The molecule has 0 bridgehead atoms. The van der Waals surface area contributed by atoms with Gasteiger partial charge in [0.15, 0.2) is 0 Å². The SMILES string of the molecule is CN(CCc1ccncc1)C(=O)c1ccnc(NCC2CCCO2)n1. The Hall–Kier alpha value is -2.54. The van der Waals surface area contributed by atoms with Crippen LogP contribution < -0.4 is 5.32 Å². The fourth-order valence-electron chi connectivity index (χ4n) is 2.72. The van der Waals surface area contributed by atoms with E-state index in [-0.39, 0.29) is 12.0 Å². The maximum absolute atomic E-state index is 12.5. The van der Waals surface area contributed by atoms with Crippen LogP contribution in [0.4, 0.5) is 5.95 Å². The molecule has 7 heteroatoms. The number of carbonyl (C=O) groups is 1. The van der Waals surface area contributed by atoms with Gasteiger partial charge in [-0.05, 0) is 43.0 Å². The van der Waals surface area contributed by atoms with Gasteiger partial charge >= 0.3 is 0 Å². The fraction of sp³-hybridized carbons (Fsp3) is 0.444. The zero-order valence-corrected chi connectivity index (χ0v) is 14.4. The van der Waals surface area contributed by atoms with Crippen LogP contribution in [0.1, 0.15) is 28.9 Å². The molecule has 1 unspecified atom stereocenters. The van der Waals surface area contributed by atoms with E-state index in [0.29, 0.717) is 24.7 Å². The first-order chi connectivity index (χ1) is 12.2. The van der Waals surface area contributed by atoms with Gasteiger partial charge < -0.3 is 15.0 Å². The fourth-order valence-corrected chi connectivity index (χ4v) is 2.72. The molecule has 0 aromatic carbocycles. The summed E-state index contributed by atoms with van der Waals surface area (Å²) >= 11 is 0. The van der Waals surface area contributed by atoms with Gasteiger partial charge in [-0.15, -0.1) is 0 Å². The topological polar surface area (TPSA) is 80.2 Å². The van der Waals surface area contributed by atoms with E-state index in [1.165, 1.54) is 0 Å². The van der Waals surface area contributed by atoms with Crippen LogP contribution in [0.25, 0.3) is 0 Å². The van der Waals surface area contributed by atoms with Crippen molar-refractivity contribution in [3.05, 3.63) is 48.0 Å². The van der Waals surface area contributed by atoms with Gasteiger partial charge in [-0.25, -0.2) is 9.97 Å². The van der Waals surface area contributed by atoms with Crippen molar-refractivity contribution < 1.29 is 9.53 Å². The van der Waals surface area contributed by atoms with E-state index in [0.717, 1.165) is 31.4 Å². The normalized spacial score (nSPS) is 16.6. The van der Waals surface area contributed by atoms with Crippen LogP contribution in [0.15, 0.2) is 36.8 Å². The van der Waals surface area contributed by atoms with Crippen molar-refractivity contribution in [2.75, 3.05) is 32.1 Å². The molecule has 132 valence electrons. The second-order valence-electron chi connectivity index (χ2n) is 6.11. The molecule has 1 fully saturated rings. The molecular formula is C18H23N5O2. The van der Waals surface area contributed by atoms with Crippen molar-refractivity contribution in [1.82, 2.24) is 19.9 Å². The van der Waals surface area contributed by atoms with Crippen molar-refractivity contribution in [2.45, 2.75) is 25.4 Å². The first-order valence-corrected chi connectivity index (χ1v) is 8.55. The van der Waals surface area contributed by atoms with Crippen LogP contribution in [0.2, 0.25) is 0 Å². The van der Waals surface area contributed by atoms with E-state index in [2.05, 4.69) is 20.3 Å². The standard InChI is InChI=1S/C18H23N5O2/c1-23(11-7-14-4-8-19-9-5-14)17(24)16-6-10-20-18(22-16)21-13-15-3-2-12-25-15/h4-6,8-10,15H,2-3,7,11-13H2,1H3,(H,20,21,22). The number of rotatable bonds is 7. The lowest BCUT2D eigenvalue weighted by molar-refractivity contribution is 0.0791. The average Bonchev–Trinajstić information content (AvgIpc) is 3.18. The summed E-state index contributed by atoms with van der Waals surface area (Å²) in [6, 6.07) is 5.55. The summed E-state index contributed by atoms with van der Waals surface area (Å²) in [4.78, 5) is 26.7. The largest absolute Gasteiger partial charge is 0.376 e. The number of nitrogens with zero attached hydrogens (tertiary/aromatic N) is 4. The summed E-state index contributed by atoms with van der Waals surface area (Å²) in [5.74, 6) is 0.348. The number of hydrogen-bond acceptors (Lipinski definition) is 6. The molecule has 7 nitrogen and oxygen atoms in total. The molecule has 1 amide bonds. The Bertz CT molecular complexity index is 689. The quantitative estimate of drug-likeness (QED) is 0.827. The van der Waals surface area contributed by atoms with E-state index in [1.807, 2.05) is 12.1 Å². The highest BCUT2D eigenvalue weighted by molar-refractivity contribution is 5.92. The molecule has 3 heterocycles. The number of carbonyl (C=O) groups excluding carboxylic acids is 1. The second-order valence-corrected chi connectivity index (χ2v) is 6.11. The summed E-state index contributed by atoms with van der Waals surface area (Å²) < 4.78 is 5.57. The number of amides is 1. The Morgan fingerprint density at radius 1 is 1.32 bits per heavy atom. The van der Waals surface area contributed by atoms with Crippen molar-refractivity contribution in [3.63, 3.8) is 0 Å². The van der Waals surface area contributed by atoms with Gasteiger partial charge in [0, 0.05) is 45.3 Å². The maximum atomic E-state index is 12.5. The Morgan fingerprint density at radius 2 is 2.16 bits per heavy atom. The third-order valence-corrected chi connectivity index (χ3v) is 4.22. The molecular weight excluding hydrogens is 318 g/mol. The molecule has 1 atom stereocenters. The van der Waals surface area contributed by atoms with Gasteiger partial charge in [-0.1, -0.05) is 0 Å². The van der Waals surface area contributed by atoms with Gasteiger partial charge in [0.2, 0.25) is 5.95 Å². The summed E-state index contributed by atoms with van der Waals surface area (Å²) in [5, 5.41) is 3.15. The maximum Gasteiger partial charge on any atom is 0.272 e. The summed E-state index contributed by atoms with van der Waals surface area (Å²) in [7, 11) is 1.78. The van der Waals surface area contributed by atoms with Crippen molar-refractivity contribution in [3.8, 4) is 0 Å². The van der Waals surface area contributed by atoms with Crippen molar-refractivity contribution in [1.29, 1.82) is 0 Å². The zero-order chi connectivity index (χ0) is 17.5. The van der Waals surface area contributed by atoms with E-state index >= 15 is 0 Å². The highest BCUT2D eigenvalue weighted by atomic mass is 16.5. The third-order valence-electron chi connectivity index (χ3n) is 4.22. The average molecular weight is 341 g/mol. The van der Waals surface area contributed by atoms with E-state index in [1.54, 1.807) is 36.6 Å². The van der Waals surface area contributed by atoms with Crippen LogP contribution >= 0.6 is 0 Å². The second kappa shape index (κ2) is 8.53. The van der Waals surface area contributed by atoms with E-state index in [9.17, 15) is 4.79 Å². The van der Waals surface area contributed by atoms with E-state index < -0.39 is 0 Å². The molecule has 1 aliphatic rings. The van der Waals surface area contributed by atoms with E-state index in [4.69, 9.17) is 4.74 Å². The summed E-state index contributed by atoms with van der Waals surface area (Å²) in [6.07, 6.45) is 8.23. The molecule has 1 N–H and O–H groups in total. The molecule has 0 radical (unpaired) electrons. The lowest BCUT2D eigenvalue weighted by Gasteiger charge is -2.17. The lowest BCUT2D eigenvalue weighted by atomic mass is 10.2. The lowest BCUT2D eigenvalue weighted by Crippen LogP contribution is -2.30.